The average Bonchev–Trinajstić information content (AvgIpc) is 2.18. The Morgan fingerprint density at radius 3 is 2.93 bits per heavy atom. The molecule has 78 valence electrons. The highest BCUT2D eigenvalue weighted by Crippen LogP contribution is 2.32. The highest BCUT2D eigenvalue weighted by atomic mass is 32.2. The monoisotopic (exact) mass is 231 g/mol. The Morgan fingerprint density at radius 2 is 2.43 bits per heavy atom. The van der Waals surface area contributed by atoms with Gasteiger partial charge in [-0.2, -0.15) is 0 Å². The largest absolute Gasteiger partial charge is 0.461 e. The van der Waals surface area contributed by atoms with E-state index in [0.717, 1.165) is 22.6 Å². The molecular weight excluding hydrogens is 218 g/mol. The SMILES string of the molecule is CCC1=C(C)SC(SC(=O)OC)=NC1. The molecule has 1 heterocycles. The third-order valence-electron chi connectivity index (χ3n) is 1.90. The minimum Gasteiger partial charge on any atom is -0.461 e. The number of rotatable bonds is 1. The van der Waals surface area contributed by atoms with Crippen LogP contribution in [-0.4, -0.2) is 23.3 Å². The lowest BCUT2D eigenvalue weighted by molar-refractivity contribution is 0.200. The Labute approximate surface area is 92.4 Å². The van der Waals surface area contributed by atoms with E-state index >= 15 is 0 Å². The summed E-state index contributed by atoms with van der Waals surface area (Å²) in [6, 6.07) is 0. The fourth-order valence-corrected chi connectivity index (χ4v) is 2.88. The third kappa shape index (κ3) is 3.06. The maximum Gasteiger partial charge on any atom is 0.373 e. The first-order valence-electron chi connectivity index (χ1n) is 4.34. The summed E-state index contributed by atoms with van der Waals surface area (Å²) < 4.78 is 5.34. The molecule has 3 nitrogen and oxygen atoms in total. The Morgan fingerprint density at radius 1 is 1.71 bits per heavy atom. The summed E-state index contributed by atoms with van der Waals surface area (Å²) in [7, 11) is 1.38. The molecule has 0 spiro atoms. The predicted molar refractivity (Wildman–Crippen MR) is 62.9 cm³/mol. The highest BCUT2D eigenvalue weighted by molar-refractivity contribution is 8.45. The van der Waals surface area contributed by atoms with Gasteiger partial charge in [-0.3, -0.25) is 4.99 Å². The van der Waals surface area contributed by atoms with Crippen LogP contribution in [-0.2, 0) is 4.74 Å². The van der Waals surface area contributed by atoms with Gasteiger partial charge in [0.05, 0.1) is 13.7 Å². The molecule has 0 aliphatic carbocycles. The number of allylic oxidation sites excluding steroid dienone is 1. The first-order chi connectivity index (χ1) is 6.67. The van der Waals surface area contributed by atoms with E-state index < -0.39 is 0 Å². The summed E-state index contributed by atoms with van der Waals surface area (Å²) in [6.07, 6.45) is 1.03. The van der Waals surface area contributed by atoms with Gasteiger partial charge in [0.25, 0.3) is 0 Å². The lowest BCUT2D eigenvalue weighted by Crippen LogP contribution is -2.04. The van der Waals surface area contributed by atoms with Crippen LogP contribution in [0.5, 0.6) is 0 Å². The average molecular weight is 231 g/mol. The van der Waals surface area contributed by atoms with Gasteiger partial charge in [-0.05, 0) is 23.8 Å². The van der Waals surface area contributed by atoms with E-state index in [9.17, 15) is 4.79 Å². The van der Waals surface area contributed by atoms with Gasteiger partial charge < -0.3 is 4.74 Å². The van der Waals surface area contributed by atoms with Gasteiger partial charge in [0, 0.05) is 11.8 Å². The van der Waals surface area contributed by atoms with Crippen molar-refractivity contribution in [1.82, 2.24) is 0 Å². The van der Waals surface area contributed by atoms with Gasteiger partial charge in [-0.25, -0.2) is 4.79 Å². The molecule has 0 unspecified atom stereocenters. The van der Waals surface area contributed by atoms with E-state index in [4.69, 9.17) is 0 Å². The number of carbonyl (C=O) groups excluding carboxylic acids is 1. The standard InChI is InChI=1S/C9H13NO2S2/c1-4-7-5-10-8(13-6(7)2)14-9(11)12-3/h4-5H2,1-3H3. The van der Waals surface area contributed by atoms with Crippen LogP contribution in [0, 0.1) is 0 Å². The van der Waals surface area contributed by atoms with Crippen LogP contribution in [0.25, 0.3) is 0 Å². The number of nitrogens with zero attached hydrogens (tertiary/aromatic N) is 1. The van der Waals surface area contributed by atoms with Gasteiger partial charge in [0.2, 0.25) is 0 Å². The number of hydrogen-bond donors (Lipinski definition) is 0. The fourth-order valence-electron chi connectivity index (χ4n) is 1.03. The van der Waals surface area contributed by atoms with Crippen molar-refractivity contribution in [1.29, 1.82) is 0 Å². The lowest BCUT2D eigenvalue weighted by Gasteiger charge is -2.14. The molecule has 0 aromatic rings. The van der Waals surface area contributed by atoms with Gasteiger partial charge in [-0.1, -0.05) is 18.7 Å². The summed E-state index contributed by atoms with van der Waals surface area (Å²) in [5.74, 6) is 0. The van der Waals surface area contributed by atoms with Crippen molar-refractivity contribution in [3.8, 4) is 0 Å². The van der Waals surface area contributed by atoms with Crippen molar-refractivity contribution >= 4 is 33.2 Å². The second kappa shape index (κ2) is 5.46. The summed E-state index contributed by atoms with van der Waals surface area (Å²) in [6.45, 7) is 4.90. The smallest absolute Gasteiger partial charge is 0.373 e. The molecule has 0 saturated heterocycles. The van der Waals surface area contributed by atoms with E-state index in [1.165, 1.54) is 17.6 Å². The molecule has 14 heavy (non-hydrogen) atoms. The Balaban J connectivity index is 2.55. The van der Waals surface area contributed by atoms with Crippen LogP contribution in [0.2, 0.25) is 0 Å². The van der Waals surface area contributed by atoms with Crippen LogP contribution in [0.15, 0.2) is 15.5 Å². The van der Waals surface area contributed by atoms with Gasteiger partial charge >= 0.3 is 5.30 Å². The summed E-state index contributed by atoms with van der Waals surface area (Å²) in [5.41, 5.74) is 1.35. The number of aliphatic imine (C=N–C) groups is 1. The molecule has 1 aliphatic heterocycles. The highest BCUT2D eigenvalue weighted by Gasteiger charge is 2.15. The minimum absolute atomic E-state index is 0.302. The maximum absolute atomic E-state index is 11.0. The molecule has 0 bridgehead atoms. The van der Waals surface area contributed by atoms with Gasteiger partial charge in [0.15, 0.2) is 0 Å². The van der Waals surface area contributed by atoms with Crippen LogP contribution >= 0.6 is 23.5 Å². The van der Waals surface area contributed by atoms with Gasteiger partial charge in [-0.15, -0.1) is 0 Å². The van der Waals surface area contributed by atoms with E-state index in [1.807, 2.05) is 0 Å². The number of ether oxygens (including phenoxy) is 1. The van der Waals surface area contributed by atoms with Crippen molar-refractivity contribution < 1.29 is 9.53 Å². The molecule has 0 aromatic heterocycles. The van der Waals surface area contributed by atoms with Gasteiger partial charge in [0.1, 0.15) is 4.38 Å². The lowest BCUT2D eigenvalue weighted by atomic mass is 10.2. The van der Waals surface area contributed by atoms with E-state index in [0.29, 0.717) is 6.54 Å². The Bertz CT molecular complexity index is 297. The molecule has 5 heteroatoms. The van der Waals surface area contributed by atoms with Crippen LogP contribution < -0.4 is 0 Å². The molecule has 0 saturated carbocycles. The zero-order valence-electron chi connectivity index (χ0n) is 8.49. The first kappa shape index (κ1) is 11.7. The van der Waals surface area contributed by atoms with Crippen molar-refractivity contribution in [2.45, 2.75) is 20.3 Å². The topological polar surface area (TPSA) is 38.7 Å². The molecule has 0 atom stereocenters. The van der Waals surface area contributed by atoms with E-state index in [2.05, 4.69) is 23.6 Å². The molecular formula is C9H13NO2S2. The molecule has 0 aromatic carbocycles. The molecule has 0 fully saturated rings. The zero-order valence-corrected chi connectivity index (χ0v) is 10.1. The maximum atomic E-state index is 11.0. The molecule has 1 aliphatic rings. The second-order valence-electron chi connectivity index (χ2n) is 2.75. The number of hydrogen-bond acceptors (Lipinski definition) is 5. The minimum atomic E-state index is -0.302. The molecule has 0 amide bonds. The molecule has 0 N–H and O–H groups in total. The quantitative estimate of drug-likeness (QED) is 0.649. The van der Waals surface area contributed by atoms with Crippen LogP contribution in [0.1, 0.15) is 20.3 Å². The summed E-state index contributed by atoms with van der Waals surface area (Å²) >= 11 is 2.61. The van der Waals surface area contributed by atoms with Crippen LogP contribution in [0.4, 0.5) is 4.79 Å². The fraction of sp³-hybridized carbons (Fsp3) is 0.556. The zero-order chi connectivity index (χ0) is 10.6. The Hall–Kier alpha value is -0.420. The van der Waals surface area contributed by atoms with Crippen molar-refractivity contribution in [3.05, 3.63) is 10.5 Å². The number of methoxy groups -OCH3 is 1. The van der Waals surface area contributed by atoms with E-state index in [-0.39, 0.29) is 5.30 Å². The molecule has 1 rings (SSSR count). The summed E-state index contributed by atoms with van der Waals surface area (Å²) in [5, 5.41) is -0.302. The molecule has 0 radical (unpaired) electrons. The Kier molecular flexibility index (Phi) is 4.54. The normalized spacial score (nSPS) is 16.6. The third-order valence-corrected chi connectivity index (χ3v) is 3.94. The van der Waals surface area contributed by atoms with Crippen molar-refractivity contribution in [2.75, 3.05) is 13.7 Å². The predicted octanol–water partition coefficient (Wildman–Crippen LogP) is 3.27. The van der Waals surface area contributed by atoms with Crippen LogP contribution in [0.3, 0.4) is 0 Å². The second-order valence-corrected chi connectivity index (χ2v) is 5.14. The van der Waals surface area contributed by atoms with E-state index in [1.54, 1.807) is 11.8 Å². The first-order valence-corrected chi connectivity index (χ1v) is 5.97. The van der Waals surface area contributed by atoms with Crippen molar-refractivity contribution in [3.63, 3.8) is 0 Å². The number of thioether (sulfide) groups is 2. The number of carbonyl (C=O) groups is 1. The van der Waals surface area contributed by atoms with Crippen molar-refractivity contribution in [2.24, 2.45) is 4.99 Å². The summed E-state index contributed by atoms with van der Waals surface area (Å²) in [4.78, 5) is 16.5.